The average molecular weight is 284 g/mol. The molecule has 2 aromatic rings. The van der Waals surface area contributed by atoms with Crippen molar-refractivity contribution in [3.05, 3.63) is 36.3 Å². The smallest absolute Gasteiger partial charge is 0.326 e. The highest BCUT2D eigenvalue weighted by molar-refractivity contribution is 5.78. The molecule has 1 N–H and O–H groups in total. The highest BCUT2D eigenvalue weighted by Crippen LogP contribution is 2.26. The second-order valence-corrected chi connectivity index (χ2v) is 5.12. The second-order valence-electron chi connectivity index (χ2n) is 5.12. The largest absolute Gasteiger partial charge is 0.480 e. The number of aryl methyl sites for hydroxylation is 1. The van der Waals surface area contributed by atoms with Crippen LogP contribution in [0.4, 0.5) is 5.82 Å². The quantitative estimate of drug-likeness (QED) is 0.927. The van der Waals surface area contributed by atoms with Gasteiger partial charge in [0, 0.05) is 36.3 Å². The van der Waals surface area contributed by atoms with E-state index in [1.807, 2.05) is 30.0 Å². The van der Waals surface area contributed by atoms with Crippen molar-refractivity contribution < 1.29 is 9.90 Å². The maximum atomic E-state index is 11.3. The van der Waals surface area contributed by atoms with Gasteiger partial charge < -0.3 is 10.0 Å². The van der Waals surface area contributed by atoms with E-state index >= 15 is 0 Å². The molecule has 0 bridgehead atoms. The van der Waals surface area contributed by atoms with E-state index in [0.717, 1.165) is 17.7 Å². The minimum Gasteiger partial charge on any atom is -0.480 e. The lowest BCUT2D eigenvalue weighted by molar-refractivity contribution is -0.138. The van der Waals surface area contributed by atoms with Crippen LogP contribution < -0.4 is 4.90 Å². The third-order valence-corrected chi connectivity index (χ3v) is 3.61. The minimum atomic E-state index is -0.797. The summed E-state index contributed by atoms with van der Waals surface area (Å²) in [6.45, 7) is 2.60. The van der Waals surface area contributed by atoms with E-state index in [-0.39, 0.29) is 0 Å². The summed E-state index contributed by atoms with van der Waals surface area (Å²) < 4.78 is 0. The zero-order valence-corrected chi connectivity index (χ0v) is 11.7. The number of carboxylic acid groups (broad SMARTS) is 1. The molecule has 1 fully saturated rings. The molecule has 2 aromatic heterocycles. The highest BCUT2D eigenvalue weighted by atomic mass is 16.4. The molecule has 3 heterocycles. The predicted octanol–water partition coefficient (Wildman–Crippen LogP) is 1.90. The first-order valence-electron chi connectivity index (χ1n) is 6.90. The number of hydrogen-bond donors (Lipinski definition) is 1. The summed E-state index contributed by atoms with van der Waals surface area (Å²) in [6.07, 6.45) is 4.90. The number of carboxylic acids is 1. The van der Waals surface area contributed by atoms with Crippen molar-refractivity contribution in [2.75, 3.05) is 11.4 Å². The molecule has 1 atom stereocenters. The maximum absolute atomic E-state index is 11.3. The van der Waals surface area contributed by atoms with Crippen LogP contribution in [0.5, 0.6) is 0 Å². The fraction of sp³-hybridized carbons (Fsp3) is 0.333. The molecule has 0 spiro atoms. The average Bonchev–Trinajstić information content (AvgIpc) is 2.97. The number of anilines is 1. The number of nitrogens with zero attached hydrogens (tertiary/aromatic N) is 4. The van der Waals surface area contributed by atoms with Crippen molar-refractivity contribution in [3.8, 4) is 11.4 Å². The van der Waals surface area contributed by atoms with Gasteiger partial charge in [-0.2, -0.15) is 0 Å². The Morgan fingerprint density at radius 1 is 1.33 bits per heavy atom. The van der Waals surface area contributed by atoms with Gasteiger partial charge in [0.2, 0.25) is 0 Å². The van der Waals surface area contributed by atoms with Crippen LogP contribution in [0.25, 0.3) is 11.4 Å². The van der Waals surface area contributed by atoms with Crippen LogP contribution in [0, 0.1) is 6.92 Å². The van der Waals surface area contributed by atoms with Crippen LogP contribution in [-0.2, 0) is 4.79 Å². The number of hydrogen-bond acceptors (Lipinski definition) is 5. The lowest BCUT2D eigenvalue weighted by Crippen LogP contribution is -2.36. The molecule has 0 amide bonds. The molecule has 108 valence electrons. The Kier molecular flexibility index (Phi) is 3.51. The van der Waals surface area contributed by atoms with Gasteiger partial charge >= 0.3 is 5.97 Å². The van der Waals surface area contributed by atoms with Crippen LogP contribution in [0.15, 0.2) is 30.6 Å². The summed E-state index contributed by atoms with van der Waals surface area (Å²) in [5, 5.41) is 9.31. The standard InChI is InChI=1S/C15H16N4O2/c1-10-9-13(19-8-2-3-12(19)15(20)21)18-14(17-10)11-4-6-16-7-5-11/h4-7,9,12H,2-3,8H2,1H3,(H,20,21)/t12-/m1/s1. The van der Waals surface area contributed by atoms with Crippen LogP contribution in [0.1, 0.15) is 18.5 Å². The van der Waals surface area contributed by atoms with E-state index in [4.69, 9.17) is 0 Å². The molecule has 0 saturated carbocycles. The van der Waals surface area contributed by atoms with Gasteiger partial charge in [-0.15, -0.1) is 0 Å². The van der Waals surface area contributed by atoms with E-state index in [2.05, 4.69) is 15.0 Å². The van der Waals surface area contributed by atoms with Crippen molar-refractivity contribution in [1.29, 1.82) is 0 Å². The summed E-state index contributed by atoms with van der Waals surface area (Å²) in [7, 11) is 0. The summed E-state index contributed by atoms with van der Waals surface area (Å²) in [5.74, 6) is 0.483. The van der Waals surface area contributed by atoms with Gasteiger partial charge in [-0.25, -0.2) is 14.8 Å². The zero-order chi connectivity index (χ0) is 14.8. The third kappa shape index (κ3) is 2.69. The lowest BCUT2D eigenvalue weighted by atomic mass is 10.2. The first-order chi connectivity index (χ1) is 10.1. The van der Waals surface area contributed by atoms with Crippen LogP contribution in [-0.4, -0.2) is 38.6 Å². The number of pyridine rings is 1. The van der Waals surface area contributed by atoms with E-state index in [0.29, 0.717) is 24.6 Å². The molecule has 6 nitrogen and oxygen atoms in total. The first kappa shape index (κ1) is 13.5. The summed E-state index contributed by atoms with van der Waals surface area (Å²) in [4.78, 5) is 26.1. The Morgan fingerprint density at radius 2 is 2.10 bits per heavy atom. The Hall–Kier alpha value is -2.50. The third-order valence-electron chi connectivity index (χ3n) is 3.61. The number of carbonyl (C=O) groups is 1. The van der Waals surface area contributed by atoms with E-state index < -0.39 is 12.0 Å². The molecule has 1 aliphatic heterocycles. The highest BCUT2D eigenvalue weighted by Gasteiger charge is 2.31. The summed E-state index contributed by atoms with van der Waals surface area (Å²) in [6, 6.07) is 5.03. The number of aliphatic carboxylic acids is 1. The molecule has 6 heteroatoms. The topological polar surface area (TPSA) is 79.2 Å². The van der Waals surface area contributed by atoms with Gasteiger partial charge in [0.15, 0.2) is 5.82 Å². The Morgan fingerprint density at radius 3 is 2.81 bits per heavy atom. The molecule has 3 rings (SSSR count). The molecule has 0 aromatic carbocycles. The normalized spacial score (nSPS) is 18.0. The molecular formula is C15H16N4O2. The summed E-state index contributed by atoms with van der Waals surface area (Å²) >= 11 is 0. The molecule has 1 saturated heterocycles. The Balaban J connectivity index is 2.00. The molecule has 21 heavy (non-hydrogen) atoms. The van der Waals surface area contributed by atoms with Gasteiger partial charge in [0.1, 0.15) is 11.9 Å². The zero-order valence-electron chi connectivity index (χ0n) is 11.7. The van der Waals surface area contributed by atoms with Crippen LogP contribution >= 0.6 is 0 Å². The molecule has 0 unspecified atom stereocenters. The molecule has 0 aliphatic carbocycles. The van der Waals surface area contributed by atoms with E-state index in [9.17, 15) is 9.90 Å². The van der Waals surface area contributed by atoms with Crippen molar-refractivity contribution in [2.45, 2.75) is 25.8 Å². The SMILES string of the molecule is Cc1cc(N2CCC[C@@H]2C(=O)O)nc(-c2ccncc2)n1. The first-order valence-corrected chi connectivity index (χ1v) is 6.90. The van der Waals surface area contributed by atoms with Crippen molar-refractivity contribution in [1.82, 2.24) is 15.0 Å². The van der Waals surface area contributed by atoms with E-state index in [1.165, 1.54) is 0 Å². The number of aromatic nitrogens is 3. The van der Waals surface area contributed by atoms with Crippen molar-refractivity contribution >= 4 is 11.8 Å². The van der Waals surface area contributed by atoms with Crippen molar-refractivity contribution in [2.24, 2.45) is 0 Å². The van der Waals surface area contributed by atoms with Crippen molar-refractivity contribution in [3.63, 3.8) is 0 Å². The monoisotopic (exact) mass is 284 g/mol. The van der Waals surface area contributed by atoms with Gasteiger partial charge in [0.05, 0.1) is 0 Å². The fourth-order valence-electron chi connectivity index (χ4n) is 2.63. The predicted molar refractivity (Wildman–Crippen MR) is 78.0 cm³/mol. The summed E-state index contributed by atoms with van der Waals surface area (Å²) in [5.41, 5.74) is 1.70. The van der Waals surface area contributed by atoms with Crippen LogP contribution in [0.2, 0.25) is 0 Å². The van der Waals surface area contributed by atoms with Gasteiger partial charge in [0.25, 0.3) is 0 Å². The maximum Gasteiger partial charge on any atom is 0.326 e. The molecular weight excluding hydrogens is 268 g/mol. The molecule has 1 aliphatic rings. The Labute approximate surface area is 122 Å². The van der Waals surface area contributed by atoms with E-state index in [1.54, 1.807) is 12.4 Å². The Bertz CT molecular complexity index is 660. The molecule has 0 radical (unpaired) electrons. The second kappa shape index (κ2) is 5.47. The lowest BCUT2D eigenvalue weighted by Gasteiger charge is -2.23. The van der Waals surface area contributed by atoms with Gasteiger partial charge in [-0.05, 0) is 31.9 Å². The minimum absolute atomic E-state index is 0.496. The van der Waals surface area contributed by atoms with Gasteiger partial charge in [-0.1, -0.05) is 0 Å². The van der Waals surface area contributed by atoms with Crippen LogP contribution in [0.3, 0.4) is 0 Å². The number of rotatable bonds is 3. The fourth-order valence-corrected chi connectivity index (χ4v) is 2.63. The van der Waals surface area contributed by atoms with Gasteiger partial charge in [-0.3, -0.25) is 4.98 Å².